The maximum Gasteiger partial charge on any atom is 0.289 e. The van der Waals surface area contributed by atoms with E-state index in [1.54, 1.807) is 30.3 Å². The summed E-state index contributed by atoms with van der Waals surface area (Å²) in [6, 6.07) is 9.85. The minimum atomic E-state index is -0.356. The summed E-state index contributed by atoms with van der Waals surface area (Å²) in [5.41, 5.74) is 0.370. The first-order valence-electron chi connectivity index (χ1n) is 7.51. The molecule has 1 saturated heterocycles. The predicted octanol–water partition coefficient (Wildman–Crippen LogP) is 2.91. The first-order valence-corrected chi connectivity index (χ1v) is 7.51. The second-order valence-electron chi connectivity index (χ2n) is 5.50. The van der Waals surface area contributed by atoms with Gasteiger partial charge in [0, 0.05) is 19.1 Å². The molecule has 0 saturated carbocycles. The van der Waals surface area contributed by atoms with Gasteiger partial charge >= 0.3 is 0 Å². The van der Waals surface area contributed by atoms with Crippen LogP contribution in [0.5, 0.6) is 0 Å². The van der Waals surface area contributed by atoms with Crippen molar-refractivity contribution in [1.29, 1.82) is 0 Å². The Morgan fingerprint density at radius 3 is 2.95 bits per heavy atom. The Balaban J connectivity index is 1.82. The molecule has 1 aromatic carbocycles. The van der Waals surface area contributed by atoms with Crippen LogP contribution in [0.4, 0.5) is 4.39 Å². The highest BCUT2D eigenvalue weighted by molar-refractivity contribution is 5.92. The van der Waals surface area contributed by atoms with E-state index in [1.807, 2.05) is 11.9 Å². The Bertz CT molecular complexity index is 668. The van der Waals surface area contributed by atoms with Gasteiger partial charge in [-0.2, -0.15) is 0 Å². The van der Waals surface area contributed by atoms with Gasteiger partial charge in [-0.1, -0.05) is 12.1 Å². The zero-order valence-electron chi connectivity index (χ0n) is 12.5. The fourth-order valence-corrected chi connectivity index (χ4v) is 2.95. The molecule has 22 heavy (non-hydrogen) atoms. The first-order chi connectivity index (χ1) is 10.7. The van der Waals surface area contributed by atoms with Crippen LogP contribution in [-0.2, 0) is 0 Å². The molecule has 1 aliphatic heterocycles. The van der Waals surface area contributed by atoms with Crippen molar-refractivity contribution in [3.8, 4) is 11.3 Å². The Kier molecular flexibility index (Phi) is 4.24. The van der Waals surface area contributed by atoms with Crippen LogP contribution in [0.3, 0.4) is 0 Å². The topological polar surface area (TPSA) is 45.5 Å². The van der Waals surface area contributed by atoms with E-state index in [0.717, 1.165) is 25.9 Å². The highest BCUT2D eigenvalue weighted by Gasteiger charge is 2.30. The van der Waals surface area contributed by atoms with E-state index in [0.29, 0.717) is 11.3 Å². The molecule has 1 aliphatic rings. The van der Waals surface area contributed by atoms with Gasteiger partial charge in [-0.25, -0.2) is 4.39 Å². The lowest BCUT2D eigenvalue weighted by Crippen LogP contribution is -2.40. The van der Waals surface area contributed by atoms with Gasteiger partial charge < -0.3 is 14.6 Å². The van der Waals surface area contributed by atoms with Crippen molar-refractivity contribution >= 4 is 5.91 Å². The third kappa shape index (κ3) is 2.76. The number of carbonyl (C=O) groups excluding carboxylic acids is 1. The summed E-state index contributed by atoms with van der Waals surface area (Å²) in [5, 5.41) is 3.11. The van der Waals surface area contributed by atoms with Crippen molar-refractivity contribution in [3.05, 3.63) is 48.0 Å². The summed E-state index contributed by atoms with van der Waals surface area (Å²) < 4.78 is 19.4. The second kappa shape index (κ2) is 6.32. The molecule has 0 unspecified atom stereocenters. The van der Waals surface area contributed by atoms with E-state index >= 15 is 0 Å². The average molecular weight is 302 g/mol. The monoisotopic (exact) mass is 302 g/mol. The van der Waals surface area contributed by atoms with Crippen molar-refractivity contribution in [2.24, 2.45) is 0 Å². The van der Waals surface area contributed by atoms with E-state index < -0.39 is 0 Å². The number of amides is 1. The first kappa shape index (κ1) is 14.8. The molecule has 116 valence electrons. The Labute approximate surface area is 128 Å². The number of hydrogen-bond acceptors (Lipinski definition) is 3. The molecule has 5 heteroatoms. The van der Waals surface area contributed by atoms with Gasteiger partial charge in [0.25, 0.3) is 5.91 Å². The molecule has 0 radical (unpaired) electrons. The summed E-state index contributed by atoms with van der Waals surface area (Å²) in [4.78, 5) is 14.4. The summed E-state index contributed by atoms with van der Waals surface area (Å²) >= 11 is 0. The van der Waals surface area contributed by atoms with E-state index in [9.17, 15) is 9.18 Å². The lowest BCUT2D eigenvalue weighted by molar-refractivity contribution is 0.0705. The molecule has 2 heterocycles. The SMILES string of the molecule is CNC[C@H]1CCCN1C(=O)c1ccc(-c2ccccc2F)o1. The lowest BCUT2D eigenvalue weighted by atomic mass is 10.1. The number of hydrogen-bond donors (Lipinski definition) is 1. The maximum atomic E-state index is 13.8. The van der Waals surface area contributed by atoms with Crippen molar-refractivity contribution in [3.63, 3.8) is 0 Å². The third-order valence-corrected chi connectivity index (χ3v) is 4.03. The van der Waals surface area contributed by atoms with Crippen LogP contribution in [0.1, 0.15) is 23.4 Å². The van der Waals surface area contributed by atoms with Gasteiger partial charge in [-0.15, -0.1) is 0 Å². The number of nitrogens with one attached hydrogen (secondary N) is 1. The second-order valence-corrected chi connectivity index (χ2v) is 5.50. The molecule has 1 N–H and O–H groups in total. The van der Waals surface area contributed by atoms with E-state index in [1.165, 1.54) is 6.07 Å². The van der Waals surface area contributed by atoms with Crippen LogP contribution in [0.25, 0.3) is 11.3 Å². The van der Waals surface area contributed by atoms with Gasteiger partial charge in [-0.05, 0) is 44.2 Å². The summed E-state index contributed by atoms with van der Waals surface area (Å²) in [6.07, 6.45) is 1.99. The molecule has 0 spiro atoms. The summed E-state index contributed by atoms with van der Waals surface area (Å²) in [5.74, 6) is 0.164. The summed E-state index contributed by atoms with van der Waals surface area (Å²) in [6.45, 7) is 1.51. The number of benzene rings is 1. The normalized spacial score (nSPS) is 17.9. The molecular weight excluding hydrogens is 283 g/mol. The lowest BCUT2D eigenvalue weighted by Gasteiger charge is -2.23. The van der Waals surface area contributed by atoms with Crippen LogP contribution in [0.2, 0.25) is 0 Å². The minimum absolute atomic E-state index is 0.125. The molecule has 0 aliphatic carbocycles. The highest BCUT2D eigenvalue weighted by atomic mass is 19.1. The van der Waals surface area contributed by atoms with E-state index in [-0.39, 0.29) is 23.5 Å². The standard InChI is InChI=1S/C17H19FN2O2/c1-19-11-12-5-4-10-20(12)17(21)16-9-8-15(22-16)13-6-2-3-7-14(13)18/h2-3,6-9,12,19H,4-5,10-11H2,1H3/t12-/m1/s1. The Morgan fingerprint density at radius 1 is 1.36 bits per heavy atom. The molecule has 4 nitrogen and oxygen atoms in total. The molecular formula is C17H19FN2O2. The molecule has 1 aromatic heterocycles. The van der Waals surface area contributed by atoms with Gasteiger partial charge in [0.15, 0.2) is 5.76 Å². The van der Waals surface area contributed by atoms with Crippen LogP contribution in [0.15, 0.2) is 40.8 Å². The van der Waals surface area contributed by atoms with Gasteiger partial charge in [-0.3, -0.25) is 4.79 Å². The summed E-state index contributed by atoms with van der Waals surface area (Å²) in [7, 11) is 1.88. The van der Waals surface area contributed by atoms with Gasteiger partial charge in [0.1, 0.15) is 11.6 Å². The number of likely N-dealkylation sites (tertiary alicyclic amines) is 1. The van der Waals surface area contributed by atoms with E-state index in [2.05, 4.69) is 5.32 Å². The fraction of sp³-hybridized carbons (Fsp3) is 0.353. The van der Waals surface area contributed by atoms with Crippen molar-refractivity contribution in [2.45, 2.75) is 18.9 Å². The maximum absolute atomic E-state index is 13.8. The largest absolute Gasteiger partial charge is 0.451 e. The quantitative estimate of drug-likeness (QED) is 0.944. The Morgan fingerprint density at radius 2 is 2.18 bits per heavy atom. The van der Waals surface area contributed by atoms with Crippen LogP contribution in [0, 0.1) is 5.82 Å². The van der Waals surface area contributed by atoms with Gasteiger partial charge in [0.05, 0.1) is 5.56 Å². The molecule has 1 atom stereocenters. The van der Waals surface area contributed by atoms with E-state index in [4.69, 9.17) is 4.42 Å². The zero-order valence-corrected chi connectivity index (χ0v) is 12.5. The molecule has 1 amide bonds. The fourth-order valence-electron chi connectivity index (χ4n) is 2.95. The number of carbonyl (C=O) groups is 1. The van der Waals surface area contributed by atoms with Crippen molar-refractivity contribution in [2.75, 3.05) is 20.1 Å². The molecule has 0 bridgehead atoms. The zero-order chi connectivity index (χ0) is 15.5. The smallest absolute Gasteiger partial charge is 0.289 e. The molecule has 2 aromatic rings. The molecule has 3 rings (SSSR count). The predicted molar refractivity (Wildman–Crippen MR) is 82.1 cm³/mol. The Hall–Kier alpha value is -2.14. The molecule has 1 fully saturated rings. The highest BCUT2D eigenvalue weighted by Crippen LogP contribution is 2.27. The number of nitrogens with zero attached hydrogens (tertiary/aromatic N) is 1. The minimum Gasteiger partial charge on any atom is -0.451 e. The number of halogens is 1. The van der Waals surface area contributed by atoms with Crippen molar-refractivity contribution < 1.29 is 13.6 Å². The average Bonchev–Trinajstić information content (AvgIpc) is 3.17. The number of rotatable bonds is 4. The van der Waals surface area contributed by atoms with Crippen LogP contribution >= 0.6 is 0 Å². The van der Waals surface area contributed by atoms with Gasteiger partial charge in [0.2, 0.25) is 0 Å². The third-order valence-electron chi connectivity index (χ3n) is 4.03. The number of furan rings is 1. The van der Waals surface area contributed by atoms with Crippen molar-refractivity contribution in [1.82, 2.24) is 10.2 Å². The number of likely N-dealkylation sites (N-methyl/N-ethyl adjacent to an activating group) is 1. The van der Waals surface area contributed by atoms with Crippen LogP contribution < -0.4 is 5.32 Å². The van der Waals surface area contributed by atoms with Crippen LogP contribution in [-0.4, -0.2) is 37.0 Å².